The number of hydrogen-bond donors (Lipinski definition) is 2. The maximum absolute atomic E-state index is 5.60. The minimum absolute atomic E-state index is 0.188. The minimum Gasteiger partial charge on any atom is -0.307 e. The molecule has 0 aliphatic carbocycles. The van der Waals surface area contributed by atoms with Crippen molar-refractivity contribution in [3.63, 3.8) is 0 Å². The number of hydrogen-bond acceptors (Lipinski definition) is 3. The van der Waals surface area contributed by atoms with Gasteiger partial charge in [-0.25, -0.2) is 0 Å². The van der Waals surface area contributed by atoms with E-state index in [1.807, 2.05) is 13.0 Å². The van der Waals surface area contributed by atoms with Crippen LogP contribution >= 0.6 is 11.6 Å². The van der Waals surface area contributed by atoms with Crippen LogP contribution in [0.2, 0.25) is 0 Å². The van der Waals surface area contributed by atoms with E-state index in [9.17, 15) is 0 Å². The average Bonchev–Trinajstić information content (AvgIpc) is 1.80. The van der Waals surface area contributed by atoms with Crippen LogP contribution in [0, 0.1) is 0 Å². The Bertz CT molecular complexity index is 173. The summed E-state index contributed by atoms with van der Waals surface area (Å²) in [7, 11) is 0. The van der Waals surface area contributed by atoms with Crippen molar-refractivity contribution in [1.82, 2.24) is 5.43 Å². The van der Waals surface area contributed by atoms with Gasteiger partial charge in [0.05, 0.1) is 0 Å². The van der Waals surface area contributed by atoms with Gasteiger partial charge >= 0.3 is 0 Å². The molecule has 0 aromatic heterocycles. The molecule has 1 heterocycles. The lowest BCUT2D eigenvalue weighted by atomic mass is 10.2. The Kier molecular flexibility index (Phi) is 1.73. The number of nitrogens with one attached hydrogen (secondary N) is 1. The van der Waals surface area contributed by atoms with Crippen molar-refractivity contribution in [1.29, 1.82) is 0 Å². The fourth-order valence-electron chi connectivity index (χ4n) is 0.595. The van der Waals surface area contributed by atoms with Crippen molar-refractivity contribution in [2.45, 2.75) is 13.1 Å². The summed E-state index contributed by atoms with van der Waals surface area (Å²) in [5.74, 6) is 0. The van der Waals surface area contributed by atoms with E-state index in [0.717, 1.165) is 5.57 Å². The Morgan fingerprint density at radius 2 is 2.56 bits per heavy atom. The molecule has 1 aliphatic rings. The highest BCUT2D eigenvalue weighted by Crippen LogP contribution is 2.05. The first-order valence-electron chi connectivity index (χ1n) is 2.63. The lowest BCUT2D eigenvalue weighted by molar-refractivity contribution is 0.637. The summed E-state index contributed by atoms with van der Waals surface area (Å²) in [6.07, 6.45) is 1.63. The molecule has 0 saturated heterocycles. The van der Waals surface area contributed by atoms with Crippen LogP contribution in [0.15, 0.2) is 16.8 Å². The number of rotatable bonds is 0. The molecule has 0 aromatic rings. The highest BCUT2D eigenvalue weighted by Gasteiger charge is 2.06. The number of hydrazone groups is 1. The van der Waals surface area contributed by atoms with Gasteiger partial charge in [0.15, 0.2) is 5.17 Å². The molecular weight excluding hydrogens is 138 g/mol. The third-order valence-corrected chi connectivity index (χ3v) is 1.45. The lowest BCUT2D eigenvalue weighted by Gasteiger charge is -2.12. The van der Waals surface area contributed by atoms with E-state index in [1.54, 1.807) is 0 Å². The van der Waals surface area contributed by atoms with Gasteiger partial charge in [0, 0.05) is 0 Å². The number of allylic oxidation sites excluding steroid dienone is 1. The van der Waals surface area contributed by atoms with E-state index >= 15 is 0 Å². The van der Waals surface area contributed by atoms with Crippen LogP contribution < -0.4 is 11.2 Å². The van der Waals surface area contributed by atoms with E-state index in [-0.39, 0.29) is 6.17 Å². The van der Waals surface area contributed by atoms with E-state index in [1.165, 1.54) is 0 Å². The predicted molar refractivity (Wildman–Crippen MR) is 38.2 cm³/mol. The monoisotopic (exact) mass is 145 g/mol. The van der Waals surface area contributed by atoms with Gasteiger partial charge < -0.3 is 5.73 Å². The fourth-order valence-corrected chi connectivity index (χ4v) is 0.707. The second-order valence-corrected chi connectivity index (χ2v) is 2.27. The third kappa shape index (κ3) is 1.43. The highest BCUT2D eigenvalue weighted by molar-refractivity contribution is 6.69. The van der Waals surface area contributed by atoms with Crippen LogP contribution in [-0.2, 0) is 0 Å². The second kappa shape index (κ2) is 2.37. The molecule has 0 aromatic carbocycles. The van der Waals surface area contributed by atoms with Crippen LogP contribution in [0.4, 0.5) is 0 Å². The molecule has 0 saturated carbocycles. The summed E-state index contributed by atoms with van der Waals surface area (Å²) in [5, 5.41) is 4.21. The van der Waals surface area contributed by atoms with Gasteiger partial charge in [-0.05, 0) is 18.6 Å². The van der Waals surface area contributed by atoms with Crippen molar-refractivity contribution < 1.29 is 0 Å². The van der Waals surface area contributed by atoms with Crippen molar-refractivity contribution in [2.75, 3.05) is 0 Å². The van der Waals surface area contributed by atoms with Gasteiger partial charge in [0.2, 0.25) is 0 Å². The molecule has 1 rings (SSSR count). The minimum atomic E-state index is -0.188. The first-order valence-corrected chi connectivity index (χ1v) is 3.01. The van der Waals surface area contributed by atoms with Gasteiger partial charge in [-0.2, -0.15) is 5.10 Å². The lowest BCUT2D eigenvalue weighted by Crippen LogP contribution is -2.35. The molecule has 1 atom stereocenters. The molecule has 9 heavy (non-hydrogen) atoms. The van der Waals surface area contributed by atoms with Crippen molar-refractivity contribution in [3.8, 4) is 0 Å². The molecule has 0 fully saturated rings. The van der Waals surface area contributed by atoms with E-state index < -0.39 is 0 Å². The molecule has 0 bridgehead atoms. The Balaban J connectivity index is 2.75. The third-order valence-electron chi connectivity index (χ3n) is 1.07. The molecule has 3 N–H and O–H groups in total. The predicted octanol–water partition coefficient (Wildman–Crippen LogP) is 0.373. The van der Waals surface area contributed by atoms with Crippen LogP contribution in [0.25, 0.3) is 0 Å². The molecule has 0 radical (unpaired) electrons. The van der Waals surface area contributed by atoms with Crippen LogP contribution in [-0.4, -0.2) is 11.3 Å². The zero-order chi connectivity index (χ0) is 6.85. The van der Waals surface area contributed by atoms with Crippen LogP contribution in [0.3, 0.4) is 0 Å². The van der Waals surface area contributed by atoms with Gasteiger partial charge in [-0.3, -0.25) is 5.43 Å². The summed E-state index contributed by atoms with van der Waals surface area (Å²) >= 11 is 5.60. The molecule has 0 unspecified atom stereocenters. The summed E-state index contributed by atoms with van der Waals surface area (Å²) in [6, 6.07) is 0. The normalized spacial score (nSPS) is 26.3. The summed E-state index contributed by atoms with van der Waals surface area (Å²) in [6.45, 7) is 1.87. The molecule has 0 amide bonds. The molecule has 4 heteroatoms. The number of halogens is 1. The smallest absolute Gasteiger partial charge is 0.151 e. The molecule has 3 nitrogen and oxygen atoms in total. The van der Waals surface area contributed by atoms with E-state index in [2.05, 4.69) is 10.5 Å². The van der Waals surface area contributed by atoms with Crippen LogP contribution in [0.1, 0.15) is 6.92 Å². The average molecular weight is 146 g/mol. The summed E-state index contributed by atoms with van der Waals surface area (Å²) < 4.78 is 0. The van der Waals surface area contributed by atoms with Gasteiger partial charge in [0.1, 0.15) is 6.17 Å². The van der Waals surface area contributed by atoms with Crippen molar-refractivity contribution in [2.24, 2.45) is 10.8 Å². The quantitative estimate of drug-likeness (QED) is 0.518. The number of nitrogens with zero attached hydrogens (tertiary/aromatic N) is 1. The zero-order valence-electron chi connectivity index (χ0n) is 5.06. The Labute approximate surface area is 58.6 Å². The summed E-state index contributed by atoms with van der Waals surface area (Å²) in [5.41, 5.74) is 8.97. The molecule has 1 aliphatic heterocycles. The summed E-state index contributed by atoms with van der Waals surface area (Å²) in [4.78, 5) is 0. The largest absolute Gasteiger partial charge is 0.307 e. The van der Waals surface area contributed by atoms with Crippen molar-refractivity contribution in [3.05, 3.63) is 11.6 Å². The Hall–Kier alpha value is -0.540. The highest BCUT2D eigenvalue weighted by atomic mass is 35.5. The zero-order valence-corrected chi connectivity index (χ0v) is 5.81. The fraction of sp³-hybridized carbons (Fsp3) is 0.400. The van der Waals surface area contributed by atoms with Crippen LogP contribution in [0.5, 0.6) is 0 Å². The van der Waals surface area contributed by atoms with E-state index in [4.69, 9.17) is 17.3 Å². The molecular formula is C5H8ClN3. The van der Waals surface area contributed by atoms with Gasteiger partial charge in [0.25, 0.3) is 0 Å². The molecule has 0 spiro atoms. The standard InChI is InChI=1S/C5H8ClN3/c1-3-2-4(7)8-9-5(3)6/h2,4,8H,7H2,1H3/t4-/m0/s1. The molecule has 50 valence electrons. The maximum Gasteiger partial charge on any atom is 0.151 e. The topological polar surface area (TPSA) is 50.4 Å². The Morgan fingerprint density at radius 1 is 1.89 bits per heavy atom. The second-order valence-electron chi connectivity index (χ2n) is 1.91. The number of nitrogens with two attached hydrogens (primary N) is 1. The first kappa shape index (κ1) is 6.58. The van der Waals surface area contributed by atoms with E-state index in [0.29, 0.717) is 5.17 Å². The Morgan fingerprint density at radius 3 is 3.00 bits per heavy atom. The van der Waals surface area contributed by atoms with Crippen molar-refractivity contribution >= 4 is 16.8 Å². The maximum atomic E-state index is 5.60. The van der Waals surface area contributed by atoms with Gasteiger partial charge in [-0.15, -0.1) is 0 Å². The first-order chi connectivity index (χ1) is 4.20. The van der Waals surface area contributed by atoms with Gasteiger partial charge in [-0.1, -0.05) is 11.6 Å². The SMILES string of the molecule is CC1=C[C@@H](N)NN=C1Cl.